The van der Waals surface area contributed by atoms with Crippen molar-refractivity contribution in [2.24, 2.45) is 0 Å². The molecule has 2 rings (SSSR count). The Morgan fingerprint density at radius 3 is 2.38 bits per heavy atom. The third-order valence-electron chi connectivity index (χ3n) is 3.71. The van der Waals surface area contributed by atoms with Crippen molar-refractivity contribution in [2.75, 3.05) is 0 Å². The molecule has 2 atom stereocenters. The Labute approximate surface area is 125 Å². The molecule has 0 saturated carbocycles. The molecule has 2 aromatic carbocycles. The molecule has 0 aliphatic rings. The Morgan fingerprint density at radius 2 is 1.71 bits per heavy atom. The van der Waals surface area contributed by atoms with Crippen LogP contribution in [0.4, 0.5) is 4.39 Å². The Balaban J connectivity index is 2.42. The molecule has 1 N–H and O–H groups in total. The number of benzene rings is 2. The first kappa shape index (κ1) is 15.5. The first-order valence-corrected chi connectivity index (χ1v) is 7.27. The van der Waals surface area contributed by atoms with E-state index in [1.54, 1.807) is 12.1 Å². The lowest BCUT2D eigenvalue weighted by Crippen LogP contribution is -2.02. The van der Waals surface area contributed by atoms with Crippen molar-refractivity contribution in [1.29, 1.82) is 0 Å². The summed E-state index contributed by atoms with van der Waals surface area (Å²) in [5, 5.41) is 9.77. The lowest BCUT2D eigenvalue weighted by Gasteiger charge is -2.18. The lowest BCUT2D eigenvalue weighted by molar-refractivity contribution is 0.190. The van der Waals surface area contributed by atoms with E-state index in [1.165, 1.54) is 13.0 Å². The summed E-state index contributed by atoms with van der Waals surface area (Å²) in [6.07, 6.45) is 0.0734. The van der Waals surface area contributed by atoms with Gasteiger partial charge in [0.05, 0.1) is 11.7 Å². The van der Waals surface area contributed by atoms with Gasteiger partial charge in [-0.15, -0.1) is 0 Å². The van der Waals surface area contributed by atoms with Gasteiger partial charge in [-0.2, -0.15) is 0 Å². The van der Waals surface area contributed by atoms with Gasteiger partial charge in [0.25, 0.3) is 0 Å². The maximum absolute atomic E-state index is 13.9. The molecule has 0 bridgehead atoms. The number of ether oxygens (including phenoxy) is 1. The van der Waals surface area contributed by atoms with E-state index < -0.39 is 11.9 Å². The summed E-state index contributed by atoms with van der Waals surface area (Å²) in [5.41, 5.74) is 1.28. The quantitative estimate of drug-likeness (QED) is 0.821. The summed E-state index contributed by atoms with van der Waals surface area (Å²) in [6, 6.07) is 12.3. The number of rotatable bonds is 5. The van der Waals surface area contributed by atoms with Gasteiger partial charge in [-0.1, -0.05) is 38.1 Å². The van der Waals surface area contributed by atoms with Crippen LogP contribution in [0.1, 0.15) is 50.3 Å². The highest BCUT2D eigenvalue weighted by atomic mass is 19.1. The molecule has 0 saturated heterocycles. The summed E-state index contributed by atoms with van der Waals surface area (Å²) >= 11 is 0. The maximum atomic E-state index is 13.9. The smallest absolute Gasteiger partial charge is 0.136 e. The van der Waals surface area contributed by atoms with E-state index in [-0.39, 0.29) is 5.56 Å². The van der Waals surface area contributed by atoms with E-state index in [1.807, 2.05) is 24.3 Å². The van der Waals surface area contributed by atoms with Gasteiger partial charge >= 0.3 is 0 Å². The van der Waals surface area contributed by atoms with Crippen LogP contribution < -0.4 is 4.74 Å². The number of para-hydroxylation sites is 1. The van der Waals surface area contributed by atoms with E-state index in [2.05, 4.69) is 13.8 Å². The molecule has 2 aromatic rings. The maximum Gasteiger partial charge on any atom is 0.136 e. The van der Waals surface area contributed by atoms with Gasteiger partial charge in [0.15, 0.2) is 0 Å². The summed E-state index contributed by atoms with van der Waals surface area (Å²) in [7, 11) is 0. The van der Waals surface area contributed by atoms with Crippen LogP contribution in [0.15, 0.2) is 42.5 Å². The molecule has 2 nitrogen and oxygen atoms in total. The molecule has 0 aromatic heterocycles. The van der Waals surface area contributed by atoms with Gasteiger partial charge in [-0.05, 0) is 43.0 Å². The van der Waals surface area contributed by atoms with Crippen LogP contribution >= 0.6 is 0 Å². The highest BCUT2D eigenvalue weighted by Crippen LogP contribution is 2.35. The van der Waals surface area contributed by atoms with Gasteiger partial charge in [-0.3, -0.25) is 0 Å². The molecule has 0 aliphatic carbocycles. The molecular weight excluding hydrogens is 267 g/mol. The summed E-state index contributed by atoms with van der Waals surface area (Å²) in [6.45, 7) is 5.78. The van der Waals surface area contributed by atoms with Crippen molar-refractivity contribution in [3.8, 4) is 11.5 Å². The zero-order chi connectivity index (χ0) is 15.4. The van der Waals surface area contributed by atoms with Crippen molar-refractivity contribution in [3.63, 3.8) is 0 Å². The van der Waals surface area contributed by atoms with Crippen molar-refractivity contribution in [1.82, 2.24) is 0 Å². The number of hydrogen-bond donors (Lipinski definition) is 1. The lowest BCUT2D eigenvalue weighted by atomic mass is 9.98. The second-order valence-corrected chi connectivity index (χ2v) is 5.28. The molecule has 0 amide bonds. The van der Waals surface area contributed by atoms with Crippen molar-refractivity contribution in [2.45, 2.75) is 39.2 Å². The van der Waals surface area contributed by atoms with Crippen molar-refractivity contribution >= 4 is 0 Å². The zero-order valence-electron chi connectivity index (χ0n) is 12.6. The minimum absolute atomic E-state index is 0.191. The molecule has 0 aliphatic heterocycles. The highest BCUT2D eigenvalue weighted by molar-refractivity contribution is 5.43. The molecule has 0 fully saturated rings. The first-order valence-electron chi connectivity index (χ1n) is 7.27. The number of hydrogen-bond acceptors (Lipinski definition) is 2. The van der Waals surface area contributed by atoms with Crippen LogP contribution in [-0.4, -0.2) is 5.11 Å². The van der Waals surface area contributed by atoms with Crippen LogP contribution in [0.25, 0.3) is 0 Å². The van der Waals surface area contributed by atoms with E-state index in [0.717, 1.165) is 12.0 Å². The van der Waals surface area contributed by atoms with Gasteiger partial charge < -0.3 is 9.84 Å². The Hall–Kier alpha value is -1.87. The largest absolute Gasteiger partial charge is 0.457 e. The fraction of sp³-hybridized carbons (Fsp3) is 0.333. The second-order valence-electron chi connectivity index (χ2n) is 5.28. The molecule has 1 unspecified atom stereocenters. The zero-order valence-corrected chi connectivity index (χ0v) is 12.6. The third kappa shape index (κ3) is 3.42. The van der Waals surface area contributed by atoms with Crippen LogP contribution in [0.2, 0.25) is 0 Å². The number of aliphatic hydroxyl groups excluding tert-OH is 1. The average Bonchev–Trinajstić information content (AvgIpc) is 2.46. The van der Waals surface area contributed by atoms with Crippen LogP contribution in [0, 0.1) is 5.82 Å². The Kier molecular flexibility index (Phi) is 4.97. The van der Waals surface area contributed by atoms with Gasteiger partial charge in [0.2, 0.25) is 0 Å². The van der Waals surface area contributed by atoms with Gasteiger partial charge in [0, 0.05) is 0 Å². The van der Waals surface area contributed by atoms with Gasteiger partial charge in [-0.25, -0.2) is 4.39 Å². The summed E-state index contributed by atoms with van der Waals surface area (Å²) < 4.78 is 19.8. The number of halogens is 1. The molecule has 21 heavy (non-hydrogen) atoms. The molecule has 112 valence electrons. The first-order chi connectivity index (χ1) is 10.0. The normalized spacial score (nSPS) is 13.8. The molecule has 0 radical (unpaired) electrons. The van der Waals surface area contributed by atoms with Crippen molar-refractivity contribution in [3.05, 3.63) is 59.4 Å². The van der Waals surface area contributed by atoms with E-state index >= 15 is 0 Å². The Morgan fingerprint density at radius 1 is 1.05 bits per heavy atom. The molecular formula is C18H21FO2. The molecule has 0 spiro atoms. The molecule has 3 heteroatoms. The number of aliphatic hydroxyl groups is 1. The van der Waals surface area contributed by atoms with Crippen LogP contribution in [0.3, 0.4) is 0 Å². The summed E-state index contributed by atoms with van der Waals surface area (Å²) in [5.74, 6) is 0.966. The highest BCUT2D eigenvalue weighted by Gasteiger charge is 2.17. The van der Waals surface area contributed by atoms with Crippen LogP contribution in [-0.2, 0) is 0 Å². The van der Waals surface area contributed by atoms with E-state index in [0.29, 0.717) is 17.4 Å². The predicted octanol–water partition coefficient (Wildman–Crippen LogP) is 5.18. The van der Waals surface area contributed by atoms with Gasteiger partial charge in [0.1, 0.15) is 17.3 Å². The predicted molar refractivity (Wildman–Crippen MR) is 82.3 cm³/mol. The fourth-order valence-electron chi connectivity index (χ4n) is 2.33. The Bertz CT molecular complexity index is 608. The monoisotopic (exact) mass is 288 g/mol. The minimum atomic E-state index is -0.919. The molecule has 0 heterocycles. The van der Waals surface area contributed by atoms with E-state index in [4.69, 9.17) is 4.74 Å². The minimum Gasteiger partial charge on any atom is -0.457 e. The average molecular weight is 288 g/mol. The van der Waals surface area contributed by atoms with Crippen LogP contribution in [0.5, 0.6) is 11.5 Å². The fourth-order valence-corrected chi connectivity index (χ4v) is 2.33. The van der Waals surface area contributed by atoms with Crippen molar-refractivity contribution < 1.29 is 14.2 Å². The second kappa shape index (κ2) is 6.72. The van der Waals surface area contributed by atoms with E-state index in [9.17, 15) is 9.50 Å². The SMILES string of the molecule is CCC(C)c1ccccc1Oc1cccc(F)c1[C@H](C)O. The topological polar surface area (TPSA) is 29.5 Å². The third-order valence-corrected chi connectivity index (χ3v) is 3.71. The summed E-state index contributed by atoms with van der Waals surface area (Å²) in [4.78, 5) is 0. The standard InChI is InChI=1S/C18H21FO2/c1-4-12(2)14-8-5-6-10-16(14)21-17-11-7-9-15(19)18(17)13(3)20/h5-13,20H,4H2,1-3H3/t12?,13-/m0/s1.